The van der Waals surface area contributed by atoms with E-state index in [0.717, 1.165) is 5.69 Å². The molecule has 1 fully saturated rings. The molecule has 1 aromatic rings. The van der Waals surface area contributed by atoms with Gasteiger partial charge in [-0.25, -0.2) is 9.78 Å². The lowest BCUT2D eigenvalue weighted by Gasteiger charge is -2.36. The average molecular weight is 337 g/mol. The van der Waals surface area contributed by atoms with Gasteiger partial charge in [-0.3, -0.25) is 0 Å². The molecule has 2 unspecified atom stereocenters. The van der Waals surface area contributed by atoms with Crippen LogP contribution in [-0.4, -0.2) is 57.5 Å². The highest BCUT2D eigenvalue weighted by Crippen LogP contribution is 2.21. The number of likely N-dealkylation sites (tertiary alicyclic amines) is 1. The molecule has 0 saturated carbocycles. The van der Waals surface area contributed by atoms with Crippen molar-refractivity contribution in [2.24, 2.45) is 5.92 Å². The lowest BCUT2D eigenvalue weighted by molar-refractivity contribution is -0.0128. The second-order valence-corrected chi connectivity index (χ2v) is 7.35. The number of carbonyl (C=O) groups excluding carboxylic acids is 1. The molecular weight excluding hydrogens is 310 g/mol. The highest BCUT2D eigenvalue weighted by molar-refractivity contribution is 5.68. The molecule has 1 aliphatic rings. The minimum absolute atomic E-state index is 0.0249. The molecule has 0 radical (unpaired) electrons. The first kappa shape index (κ1) is 18.4. The molecule has 1 aliphatic heterocycles. The number of aliphatic hydroxyl groups excluding tert-OH is 1. The third-order valence-corrected chi connectivity index (χ3v) is 3.58. The van der Waals surface area contributed by atoms with Gasteiger partial charge in [-0.05, 0) is 41.0 Å². The number of nitrogens with zero attached hydrogens (tertiary/aromatic N) is 3. The molecular formula is C17H27N3O4. The second kappa shape index (κ2) is 7.34. The standard InChI is InChI=1S/C17H27N3O4/c1-11-6-15(19-12(2)18-11)23-10-13-7-14(21)9-20(8-13)16(22)24-17(3,4)5/h6,13-14,21H,7-10H2,1-5H3. The van der Waals surface area contributed by atoms with Gasteiger partial charge in [-0.15, -0.1) is 0 Å². The predicted molar refractivity (Wildman–Crippen MR) is 88.9 cm³/mol. The van der Waals surface area contributed by atoms with Crippen LogP contribution in [0.5, 0.6) is 5.88 Å². The maximum atomic E-state index is 12.2. The fraction of sp³-hybridized carbons (Fsp3) is 0.706. The van der Waals surface area contributed by atoms with Gasteiger partial charge in [-0.2, -0.15) is 4.98 Å². The molecule has 0 spiro atoms. The van der Waals surface area contributed by atoms with Crippen LogP contribution in [0, 0.1) is 19.8 Å². The van der Waals surface area contributed by atoms with E-state index in [4.69, 9.17) is 9.47 Å². The van der Waals surface area contributed by atoms with Crippen molar-refractivity contribution < 1.29 is 19.4 Å². The summed E-state index contributed by atoms with van der Waals surface area (Å²) in [5, 5.41) is 10.1. The van der Waals surface area contributed by atoms with Crippen molar-refractivity contribution in [3.05, 3.63) is 17.6 Å². The average Bonchev–Trinajstić information content (AvgIpc) is 2.42. The maximum Gasteiger partial charge on any atom is 0.410 e. The van der Waals surface area contributed by atoms with Gasteiger partial charge in [0, 0.05) is 30.8 Å². The molecule has 7 heteroatoms. The molecule has 2 rings (SSSR count). The largest absolute Gasteiger partial charge is 0.477 e. The Kier molecular flexibility index (Phi) is 5.64. The summed E-state index contributed by atoms with van der Waals surface area (Å²) in [6, 6.07) is 1.78. The third kappa shape index (κ3) is 5.63. The topological polar surface area (TPSA) is 84.8 Å². The van der Waals surface area contributed by atoms with Gasteiger partial charge in [0.05, 0.1) is 12.7 Å². The molecule has 1 saturated heterocycles. The van der Waals surface area contributed by atoms with Crippen molar-refractivity contribution >= 4 is 6.09 Å². The summed E-state index contributed by atoms with van der Waals surface area (Å²) < 4.78 is 11.1. The molecule has 134 valence electrons. The molecule has 1 N–H and O–H groups in total. The van der Waals surface area contributed by atoms with Crippen LogP contribution in [0.25, 0.3) is 0 Å². The van der Waals surface area contributed by atoms with E-state index >= 15 is 0 Å². The van der Waals surface area contributed by atoms with E-state index in [1.54, 1.807) is 11.0 Å². The first-order valence-corrected chi connectivity index (χ1v) is 8.23. The summed E-state index contributed by atoms with van der Waals surface area (Å²) >= 11 is 0. The van der Waals surface area contributed by atoms with E-state index in [1.807, 2.05) is 34.6 Å². The van der Waals surface area contributed by atoms with Crippen LogP contribution in [0.2, 0.25) is 0 Å². The number of β-amino-alcohol motifs (C(OH)–C–C–N with tert-alkyl or cyclic N) is 1. The minimum Gasteiger partial charge on any atom is -0.477 e. The second-order valence-electron chi connectivity index (χ2n) is 7.35. The first-order chi connectivity index (χ1) is 11.1. The molecule has 24 heavy (non-hydrogen) atoms. The van der Waals surface area contributed by atoms with Gasteiger partial charge in [0.1, 0.15) is 11.4 Å². The number of aliphatic hydroxyl groups is 1. The van der Waals surface area contributed by atoms with Crippen LogP contribution >= 0.6 is 0 Å². The highest BCUT2D eigenvalue weighted by Gasteiger charge is 2.32. The minimum atomic E-state index is -0.575. The Hall–Kier alpha value is -1.89. The first-order valence-electron chi connectivity index (χ1n) is 8.23. The number of carbonyl (C=O) groups is 1. The van der Waals surface area contributed by atoms with Gasteiger partial charge >= 0.3 is 6.09 Å². The Morgan fingerprint density at radius 2 is 2.04 bits per heavy atom. The summed E-state index contributed by atoms with van der Waals surface area (Å²) in [6.07, 6.45) is -0.392. The van der Waals surface area contributed by atoms with Crippen molar-refractivity contribution in [3.63, 3.8) is 0 Å². The summed E-state index contributed by atoms with van der Waals surface area (Å²) in [4.78, 5) is 22.2. The molecule has 7 nitrogen and oxygen atoms in total. The van der Waals surface area contributed by atoms with Crippen molar-refractivity contribution in [3.8, 4) is 5.88 Å². The maximum absolute atomic E-state index is 12.2. The van der Waals surface area contributed by atoms with Gasteiger partial charge < -0.3 is 19.5 Å². The predicted octanol–water partition coefficient (Wildman–Crippen LogP) is 2.09. The summed E-state index contributed by atoms with van der Waals surface area (Å²) in [6.45, 7) is 10.3. The Morgan fingerprint density at radius 1 is 1.33 bits per heavy atom. The highest BCUT2D eigenvalue weighted by atomic mass is 16.6. The zero-order valence-electron chi connectivity index (χ0n) is 15.1. The van der Waals surface area contributed by atoms with Crippen LogP contribution < -0.4 is 4.74 Å². The van der Waals surface area contributed by atoms with E-state index in [0.29, 0.717) is 31.3 Å². The quantitative estimate of drug-likeness (QED) is 0.909. The van der Waals surface area contributed by atoms with E-state index in [9.17, 15) is 9.90 Å². The summed E-state index contributed by atoms with van der Waals surface area (Å²) in [5.41, 5.74) is 0.290. The number of aryl methyl sites for hydroxylation is 2. The van der Waals surface area contributed by atoms with E-state index in [-0.39, 0.29) is 12.5 Å². The Labute approximate surface area is 143 Å². The van der Waals surface area contributed by atoms with Crippen LogP contribution in [0.3, 0.4) is 0 Å². The zero-order chi connectivity index (χ0) is 17.9. The number of aromatic nitrogens is 2. The zero-order valence-corrected chi connectivity index (χ0v) is 15.1. The van der Waals surface area contributed by atoms with Gasteiger partial charge in [0.25, 0.3) is 0 Å². The summed E-state index contributed by atoms with van der Waals surface area (Å²) in [5.74, 6) is 1.20. The SMILES string of the molecule is Cc1cc(OCC2CC(O)CN(C(=O)OC(C)(C)C)C2)nc(C)n1. The normalized spacial score (nSPS) is 21.5. The molecule has 0 aliphatic carbocycles. The molecule has 1 aromatic heterocycles. The Bertz CT molecular complexity index is 565. The molecule has 0 bridgehead atoms. The van der Waals surface area contributed by atoms with Gasteiger partial charge in [0.2, 0.25) is 5.88 Å². The Balaban J connectivity index is 1.94. The molecule has 2 atom stereocenters. The van der Waals surface area contributed by atoms with E-state index in [1.165, 1.54) is 0 Å². The van der Waals surface area contributed by atoms with Crippen molar-refractivity contribution in [2.75, 3.05) is 19.7 Å². The van der Waals surface area contributed by atoms with Crippen LogP contribution in [0.1, 0.15) is 38.7 Å². The Morgan fingerprint density at radius 3 is 2.67 bits per heavy atom. The molecule has 2 heterocycles. The fourth-order valence-electron chi connectivity index (χ4n) is 2.73. The smallest absolute Gasteiger partial charge is 0.410 e. The third-order valence-electron chi connectivity index (χ3n) is 3.58. The van der Waals surface area contributed by atoms with Crippen LogP contribution in [-0.2, 0) is 4.74 Å². The molecule has 1 amide bonds. The lowest BCUT2D eigenvalue weighted by Crippen LogP contribution is -2.49. The lowest BCUT2D eigenvalue weighted by atomic mass is 9.97. The monoisotopic (exact) mass is 337 g/mol. The summed E-state index contributed by atoms with van der Waals surface area (Å²) in [7, 11) is 0. The van der Waals surface area contributed by atoms with Crippen molar-refractivity contribution in [1.82, 2.24) is 14.9 Å². The number of hydrogen-bond donors (Lipinski definition) is 1. The number of hydrogen-bond acceptors (Lipinski definition) is 6. The van der Waals surface area contributed by atoms with Crippen LogP contribution in [0.15, 0.2) is 6.07 Å². The number of rotatable bonds is 3. The van der Waals surface area contributed by atoms with Crippen LogP contribution in [0.4, 0.5) is 4.79 Å². The van der Waals surface area contributed by atoms with Crippen molar-refractivity contribution in [1.29, 1.82) is 0 Å². The van der Waals surface area contributed by atoms with Gasteiger partial charge in [0.15, 0.2) is 0 Å². The van der Waals surface area contributed by atoms with E-state index in [2.05, 4.69) is 9.97 Å². The molecule has 0 aromatic carbocycles. The number of piperidine rings is 1. The number of amides is 1. The van der Waals surface area contributed by atoms with E-state index < -0.39 is 17.8 Å². The fourth-order valence-corrected chi connectivity index (χ4v) is 2.73. The van der Waals surface area contributed by atoms with Gasteiger partial charge in [-0.1, -0.05) is 0 Å². The number of ether oxygens (including phenoxy) is 2. The van der Waals surface area contributed by atoms with Crippen molar-refractivity contribution in [2.45, 2.75) is 52.7 Å².